The molecular formula is C15H27N5O. The largest absolute Gasteiger partial charge is 0.383 e. The average Bonchev–Trinajstić information content (AvgIpc) is 2.38. The first-order valence-electron chi connectivity index (χ1n) is 7.36. The van der Waals surface area contributed by atoms with Crippen molar-refractivity contribution < 1.29 is 4.79 Å². The highest BCUT2D eigenvalue weighted by Gasteiger charge is 2.23. The van der Waals surface area contributed by atoms with Crippen molar-refractivity contribution >= 4 is 17.5 Å². The molecule has 0 radical (unpaired) electrons. The number of hydrogen-bond donors (Lipinski definition) is 2. The number of nitrogen functional groups attached to an aromatic ring is 1. The fraction of sp³-hybridized carbons (Fsp3) is 0.667. The number of hydrogen-bond acceptors (Lipinski definition) is 5. The Bertz CT molecular complexity index is 508. The van der Waals surface area contributed by atoms with Crippen LogP contribution in [0.2, 0.25) is 0 Å². The Morgan fingerprint density at radius 1 is 1.29 bits per heavy atom. The maximum Gasteiger partial charge on any atom is 0.239 e. The number of carbonyl (C=O) groups excluding carboxylic acids is 1. The SMILES string of the molecule is CCNC(=O)CN(CC)c1nc(C(C)(C)C)nc(N)c1C. The minimum absolute atomic E-state index is 0.0201. The molecule has 0 aliphatic heterocycles. The van der Waals surface area contributed by atoms with Crippen molar-refractivity contribution in [2.75, 3.05) is 30.3 Å². The predicted molar refractivity (Wildman–Crippen MR) is 86.5 cm³/mol. The van der Waals surface area contributed by atoms with E-state index in [2.05, 4.69) is 15.3 Å². The standard InChI is InChI=1S/C15H27N5O/c1-7-17-11(21)9-20(8-2)13-10(3)12(16)18-14(19-13)15(4,5)6/h7-9H2,1-6H3,(H,17,21)(H2,16,18,19). The molecule has 0 bridgehead atoms. The normalized spacial score (nSPS) is 11.3. The molecule has 1 amide bonds. The third-order valence-electron chi connectivity index (χ3n) is 3.22. The second kappa shape index (κ2) is 6.74. The van der Waals surface area contributed by atoms with Crippen LogP contribution in [0.15, 0.2) is 0 Å². The zero-order chi connectivity index (χ0) is 16.2. The summed E-state index contributed by atoms with van der Waals surface area (Å²) in [5, 5.41) is 2.80. The van der Waals surface area contributed by atoms with Crippen molar-refractivity contribution in [1.29, 1.82) is 0 Å². The van der Waals surface area contributed by atoms with E-state index < -0.39 is 0 Å². The van der Waals surface area contributed by atoms with Crippen LogP contribution in [0.1, 0.15) is 46.0 Å². The Labute approximate surface area is 127 Å². The Hall–Kier alpha value is -1.85. The molecule has 0 fully saturated rings. The summed E-state index contributed by atoms with van der Waals surface area (Å²) < 4.78 is 0. The summed E-state index contributed by atoms with van der Waals surface area (Å²) in [6.07, 6.45) is 0. The molecule has 6 heteroatoms. The average molecular weight is 293 g/mol. The van der Waals surface area contributed by atoms with Gasteiger partial charge in [-0.2, -0.15) is 0 Å². The van der Waals surface area contributed by atoms with Gasteiger partial charge in [0, 0.05) is 24.1 Å². The molecule has 0 aromatic carbocycles. The first kappa shape index (κ1) is 17.2. The quantitative estimate of drug-likeness (QED) is 0.862. The Morgan fingerprint density at radius 2 is 1.90 bits per heavy atom. The van der Waals surface area contributed by atoms with E-state index in [4.69, 9.17) is 5.73 Å². The second-order valence-corrected chi connectivity index (χ2v) is 6.10. The van der Waals surface area contributed by atoms with Crippen LogP contribution < -0.4 is 16.0 Å². The zero-order valence-electron chi connectivity index (χ0n) is 13.9. The van der Waals surface area contributed by atoms with Gasteiger partial charge in [0.15, 0.2) is 0 Å². The van der Waals surface area contributed by atoms with E-state index in [0.717, 1.165) is 11.4 Å². The number of likely N-dealkylation sites (N-methyl/N-ethyl adjacent to an activating group) is 2. The molecule has 0 atom stereocenters. The van der Waals surface area contributed by atoms with E-state index in [-0.39, 0.29) is 17.9 Å². The lowest BCUT2D eigenvalue weighted by molar-refractivity contribution is -0.119. The van der Waals surface area contributed by atoms with Crippen LogP contribution in [-0.2, 0) is 10.2 Å². The summed E-state index contributed by atoms with van der Waals surface area (Å²) >= 11 is 0. The minimum Gasteiger partial charge on any atom is -0.383 e. The number of nitrogens with two attached hydrogens (primary N) is 1. The highest BCUT2D eigenvalue weighted by atomic mass is 16.2. The molecule has 1 aromatic heterocycles. The van der Waals surface area contributed by atoms with Crippen molar-refractivity contribution in [3.63, 3.8) is 0 Å². The van der Waals surface area contributed by atoms with E-state index in [1.54, 1.807) is 0 Å². The van der Waals surface area contributed by atoms with Gasteiger partial charge in [0.25, 0.3) is 0 Å². The Morgan fingerprint density at radius 3 is 2.38 bits per heavy atom. The summed E-state index contributed by atoms with van der Waals surface area (Å²) in [5.41, 5.74) is 6.64. The summed E-state index contributed by atoms with van der Waals surface area (Å²) in [6, 6.07) is 0. The van der Waals surface area contributed by atoms with Gasteiger partial charge in [-0.05, 0) is 20.8 Å². The van der Waals surface area contributed by atoms with E-state index in [0.29, 0.717) is 24.7 Å². The molecule has 0 saturated carbocycles. The molecule has 6 nitrogen and oxygen atoms in total. The zero-order valence-corrected chi connectivity index (χ0v) is 13.9. The summed E-state index contributed by atoms with van der Waals surface area (Å²) in [7, 11) is 0. The molecular weight excluding hydrogens is 266 g/mol. The number of nitrogens with one attached hydrogen (secondary N) is 1. The molecule has 1 heterocycles. The molecule has 118 valence electrons. The molecule has 1 rings (SSSR count). The molecule has 1 aromatic rings. The number of anilines is 2. The van der Waals surface area contributed by atoms with Gasteiger partial charge in [-0.15, -0.1) is 0 Å². The fourth-order valence-electron chi connectivity index (χ4n) is 1.93. The monoisotopic (exact) mass is 293 g/mol. The molecule has 0 aliphatic rings. The third-order valence-corrected chi connectivity index (χ3v) is 3.22. The summed E-state index contributed by atoms with van der Waals surface area (Å²) in [4.78, 5) is 22.8. The molecule has 0 aliphatic carbocycles. The summed E-state index contributed by atoms with van der Waals surface area (Å²) in [5.74, 6) is 1.88. The van der Waals surface area contributed by atoms with Crippen LogP contribution in [0.3, 0.4) is 0 Å². The lowest BCUT2D eigenvalue weighted by Crippen LogP contribution is -2.38. The maximum atomic E-state index is 11.8. The first-order chi connectivity index (χ1) is 9.70. The van der Waals surface area contributed by atoms with E-state index in [1.807, 2.05) is 46.4 Å². The number of aromatic nitrogens is 2. The van der Waals surface area contributed by atoms with Crippen molar-refractivity contribution in [1.82, 2.24) is 15.3 Å². The van der Waals surface area contributed by atoms with Crippen LogP contribution in [-0.4, -0.2) is 35.5 Å². The van der Waals surface area contributed by atoms with E-state index >= 15 is 0 Å². The van der Waals surface area contributed by atoms with Crippen LogP contribution in [0, 0.1) is 6.92 Å². The fourth-order valence-corrected chi connectivity index (χ4v) is 1.93. The van der Waals surface area contributed by atoms with Crippen molar-refractivity contribution in [3.8, 4) is 0 Å². The number of nitrogens with zero attached hydrogens (tertiary/aromatic N) is 3. The Balaban J connectivity index is 3.19. The van der Waals surface area contributed by atoms with Crippen molar-refractivity contribution in [2.24, 2.45) is 0 Å². The maximum absolute atomic E-state index is 11.8. The van der Waals surface area contributed by atoms with Gasteiger partial charge in [-0.3, -0.25) is 4.79 Å². The van der Waals surface area contributed by atoms with Gasteiger partial charge in [-0.25, -0.2) is 9.97 Å². The van der Waals surface area contributed by atoms with Crippen LogP contribution >= 0.6 is 0 Å². The van der Waals surface area contributed by atoms with Crippen LogP contribution in [0.4, 0.5) is 11.6 Å². The highest BCUT2D eigenvalue weighted by Crippen LogP contribution is 2.26. The first-order valence-corrected chi connectivity index (χ1v) is 7.36. The van der Waals surface area contributed by atoms with Crippen LogP contribution in [0.5, 0.6) is 0 Å². The molecule has 21 heavy (non-hydrogen) atoms. The number of amides is 1. The molecule has 0 saturated heterocycles. The molecule has 3 N–H and O–H groups in total. The molecule has 0 unspecified atom stereocenters. The second-order valence-electron chi connectivity index (χ2n) is 6.10. The molecule has 0 spiro atoms. The smallest absolute Gasteiger partial charge is 0.239 e. The van der Waals surface area contributed by atoms with Gasteiger partial charge in [0.2, 0.25) is 5.91 Å². The van der Waals surface area contributed by atoms with Gasteiger partial charge >= 0.3 is 0 Å². The number of rotatable bonds is 5. The highest BCUT2D eigenvalue weighted by molar-refractivity contribution is 5.81. The topological polar surface area (TPSA) is 84.1 Å². The van der Waals surface area contributed by atoms with Crippen molar-refractivity contribution in [2.45, 2.75) is 47.0 Å². The summed E-state index contributed by atoms with van der Waals surface area (Å²) in [6.45, 7) is 13.5. The van der Waals surface area contributed by atoms with Gasteiger partial charge < -0.3 is 16.0 Å². The lowest BCUT2D eigenvalue weighted by Gasteiger charge is -2.26. The predicted octanol–water partition coefficient (Wildman–Crippen LogP) is 1.63. The van der Waals surface area contributed by atoms with Gasteiger partial charge in [0.1, 0.15) is 17.5 Å². The third kappa shape index (κ3) is 4.31. The minimum atomic E-state index is -0.193. The van der Waals surface area contributed by atoms with Gasteiger partial charge in [-0.1, -0.05) is 20.8 Å². The lowest BCUT2D eigenvalue weighted by atomic mass is 9.95. The van der Waals surface area contributed by atoms with E-state index in [9.17, 15) is 4.79 Å². The van der Waals surface area contributed by atoms with Crippen LogP contribution in [0.25, 0.3) is 0 Å². The van der Waals surface area contributed by atoms with E-state index in [1.165, 1.54) is 0 Å². The Kier molecular flexibility index (Phi) is 5.52. The van der Waals surface area contributed by atoms with Gasteiger partial charge in [0.05, 0.1) is 6.54 Å². The number of carbonyl (C=O) groups is 1. The van der Waals surface area contributed by atoms with Crippen molar-refractivity contribution in [3.05, 3.63) is 11.4 Å².